The molecule has 0 spiro atoms. The second-order valence-electron chi connectivity index (χ2n) is 7.83. The molecule has 8 heteroatoms. The van der Waals surface area contributed by atoms with Crippen LogP contribution in [0.25, 0.3) is 22.7 Å². The largest absolute Gasteiger partial charge is 0.490 e. The van der Waals surface area contributed by atoms with Gasteiger partial charge in [-0.25, -0.2) is 9.78 Å². The molecule has 0 saturated carbocycles. The number of H-pyrrole nitrogens is 1. The van der Waals surface area contributed by atoms with Crippen molar-refractivity contribution in [1.82, 2.24) is 9.97 Å². The van der Waals surface area contributed by atoms with Gasteiger partial charge in [-0.1, -0.05) is 18.2 Å². The molecule has 0 amide bonds. The molecule has 0 aliphatic carbocycles. The number of rotatable bonds is 8. The Bertz CT molecular complexity index is 1470. The number of nitrogens with one attached hydrogen (secondary N) is 1. The number of fused-ring (bicyclic) bond motifs is 1. The summed E-state index contributed by atoms with van der Waals surface area (Å²) in [7, 11) is 0. The van der Waals surface area contributed by atoms with Gasteiger partial charge in [-0.2, -0.15) is 5.26 Å². The average molecular weight is 579 g/mol. The summed E-state index contributed by atoms with van der Waals surface area (Å²) in [5, 5.41) is 18.9. The molecule has 35 heavy (non-hydrogen) atoms. The van der Waals surface area contributed by atoms with E-state index in [4.69, 9.17) is 14.6 Å². The topological polar surface area (TPSA) is 108 Å². The third-order valence-corrected chi connectivity index (χ3v) is 6.04. The Balaban J connectivity index is 1.62. The van der Waals surface area contributed by atoms with E-state index in [1.54, 1.807) is 30.3 Å². The molecule has 2 N–H and O–H groups in total. The van der Waals surface area contributed by atoms with Crippen molar-refractivity contribution in [3.63, 3.8) is 0 Å². The Labute approximate surface area is 216 Å². The molecule has 7 nitrogen and oxygen atoms in total. The SMILES string of the molecule is CCOc1cc(/C=C(/C#N)c2nc3ccc(C)cc3[nH]2)cc(I)c1OCc1ccc(C(=O)O)cc1. The standard InChI is InChI=1S/C27H22IN3O4/c1-3-34-24-13-18(11-20(14-29)26-30-22-9-4-16(2)10-23(22)31-26)12-21(28)25(24)35-15-17-5-7-19(8-6-17)27(32)33/h4-13H,3,15H2,1-2H3,(H,30,31)(H,32,33)/b20-11-. The van der Waals surface area contributed by atoms with Crippen LogP contribution in [0.15, 0.2) is 54.6 Å². The van der Waals surface area contributed by atoms with Gasteiger partial charge in [0, 0.05) is 0 Å². The van der Waals surface area contributed by atoms with E-state index in [9.17, 15) is 10.1 Å². The van der Waals surface area contributed by atoms with Crippen LogP contribution in [0.2, 0.25) is 0 Å². The zero-order valence-corrected chi connectivity index (χ0v) is 21.3. The fraction of sp³-hybridized carbons (Fsp3) is 0.148. The lowest BCUT2D eigenvalue weighted by atomic mass is 10.1. The minimum absolute atomic E-state index is 0.224. The Morgan fingerprint density at radius 1 is 1.17 bits per heavy atom. The molecule has 3 aromatic carbocycles. The van der Waals surface area contributed by atoms with Crippen molar-refractivity contribution in [3.05, 3.63) is 86.2 Å². The van der Waals surface area contributed by atoms with Crippen LogP contribution in [-0.4, -0.2) is 27.7 Å². The maximum Gasteiger partial charge on any atom is 0.335 e. The third kappa shape index (κ3) is 5.63. The number of hydrogen-bond donors (Lipinski definition) is 2. The highest BCUT2D eigenvalue weighted by Gasteiger charge is 2.14. The van der Waals surface area contributed by atoms with Crippen molar-refractivity contribution in [3.8, 4) is 17.6 Å². The van der Waals surface area contributed by atoms with E-state index in [0.717, 1.165) is 31.3 Å². The minimum atomic E-state index is -0.969. The molecule has 4 aromatic rings. The quantitative estimate of drug-likeness (QED) is 0.190. The molecule has 0 radical (unpaired) electrons. The number of aryl methyl sites for hydroxylation is 1. The number of aromatic amines is 1. The number of carboxylic acid groups (broad SMARTS) is 1. The number of hydrogen-bond acceptors (Lipinski definition) is 5. The molecule has 1 aromatic heterocycles. The lowest BCUT2D eigenvalue weighted by Gasteiger charge is -2.15. The Morgan fingerprint density at radius 2 is 1.94 bits per heavy atom. The first kappa shape index (κ1) is 24.3. The van der Waals surface area contributed by atoms with E-state index in [1.807, 2.05) is 44.2 Å². The number of nitrogens with zero attached hydrogens (tertiary/aromatic N) is 2. The van der Waals surface area contributed by atoms with Crippen LogP contribution in [0.5, 0.6) is 11.5 Å². The molecule has 0 aliphatic rings. The highest BCUT2D eigenvalue weighted by atomic mass is 127. The van der Waals surface area contributed by atoms with Gasteiger partial charge < -0.3 is 19.6 Å². The number of nitriles is 1. The van der Waals surface area contributed by atoms with E-state index in [0.29, 0.717) is 29.5 Å². The molecule has 4 rings (SSSR count). The van der Waals surface area contributed by atoms with Gasteiger partial charge in [-0.15, -0.1) is 0 Å². The Morgan fingerprint density at radius 3 is 2.63 bits per heavy atom. The molecule has 0 saturated heterocycles. The molecular weight excluding hydrogens is 557 g/mol. The number of aromatic carboxylic acids is 1. The van der Waals surface area contributed by atoms with Gasteiger partial charge >= 0.3 is 5.97 Å². The predicted octanol–water partition coefficient (Wildman–Crippen LogP) is 6.22. The summed E-state index contributed by atoms with van der Waals surface area (Å²) in [4.78, 5) is 18.8. The van der Waals surface area contributed by atoms with Crippen LogP contribution in [0.3, 0.4) is 0 Å². The maximum atomic E-state index is 11.1. The first-order valence-corrected chi connectivity index (χ1v) is 12.0. The van der Waals surface area contributed by atoms with E-state index < -0.39 is 5.97 Å². The number of aromatic nitrogens is 2. The summed E-state index contributed by atoms with van der Waals surface area (Å²) in [6.07, 6.45) is 1.77. The zero-order chi connectivity index (χ0) is 24.9. The van der Waals surface area contributed by atoms with Crippen LogP contribution < -0.4 is 9.47 Å². The highest BCUT2D eigenvalue weighted by molar-refractivity contribution is 14.1. The van der Waals surface area contributed by atoms with Crippen molar-refractivity contribution in [2.45, 2.75) is 20.5 Å². The van der Waals surface area contributed by atoms with E-state index in [-0.39, 0.29) is 12.2 Å². The van der Waals surface area contributed by atoms with E-state index in [2.05, 4.69) is 38.6 Å². The molecule has 0 aliphatic heterocycles. The number of carboxylic acids is 1. The van der Waals surface area contributed by atoms with E-state index in [1.165, 1.54) is 0 Å². The number of carbonyl (C=O) groups is 1. The van der Waals surface area contributed by atoms with Gasteiger partial charge in [-0.3, -0.25) is 0 Å². The summed E-state index contributed by atoms with van der Waals surface area (Å²) < 4.78 is 12.7. The van der Waals surface area contributed by atoms with Gasteiger partial charge in [0.05, 0.1) is 32.3 Å². The monoisotopic (exact) mass is 579 g/mol. The van der Waals surface area contributed by atoms with Gasteiger partial charge in [0.15, 0.2) is 11.5 Å². The lowest BCUT2D eigenvalue weighted by Crippen LogP contribution is -2.03. The van der Waals surface area contributed by atoms with Gasteiger partial charge in [0.1, 0.15) is 18.5 Å². The summed E-state index contributed by atoms with van der Waals surface area (Å²) in [5.41, 5.74) is 5.04. The van der Waals surface area contributed by atoms with Crippen molar-refractivity contribution in [2.24, 2.45) is 0 Å². The average Bonchev–Trinajstić information content (AvgIpc) is 3.25. The molecule has 0 bridgehead atoms. The van der Waals surface area contributed by atoms with Crippen molar-refractivity contribution in [2.75, 3.05) is 6.61 Å². The van der Waals surface area contributed by atoms with Crippen LogP contribution >= 0.6 is 22.6 Å². The fourth-order valence-corrected chi connectivity index (χ4v) is 4.33. The molecule has 1 heterocycles. The van der Waals surface area contributed by atoms with Gasteiger partial charge in [0.25, 0.3) is 0 Å². The lowest BCUT2D eigenvalue weighted by molar-refractivity contribution is 0.0697. The van der Waals surface area contributed by atoms with Gasteiger partial charge in [0.2, 0.25) is 0 Å². The van der Waals surface area contributed by atoms with Crippen LogP contribution in [0, 0.1) is 21.8 Å². The first-order chi connectivity index (χ1) is 16.9. The summed E-state index contributed by atoms with van der Waals surface area (Å²) in [5.74, 6) is 0.685. The highest BCUT2D eigenvalue weighted by Crippen LogP contribution is 2.36. The normalized spacial score (nSPS) is 11.3. The zero-order valence-electron chi connectivity index (χ0n) is 19.1. The van der Waals surface area contributed by atoms with Gasteiger partial charge in [-0.05, 0) is 95.6 Å². The minimum Gasteiger partial charge on any atom is -0.490 e. The number of allylic oxidation sites excluding steroid dienone is 1. The number of benzene rings is 3. The van der Waals surface area contributed by atoms with Crippen LogP contribution in [0.1, 0.15) is 39.8 Å². The van der Waals surface area contributed by atoms with Crippen molar-refractivity contribution < 1.29 is 19.4 Å². The summed E-state index contributed by atoms with van der Waals surface area (Å²) in [6, 6.07) is 18.4. The third-order valence-electron chi connectivity index (χ3n) is 5.24. The molecule has 0 atom stereocenters. The second-order valence-corrected chi connectivity index (χ2v) is 8.99. The maximum absolute atomic E-state index is 11.1. The second kappa shape index (κ2) is 10.6. The summed E-state index contributed by atoms with van der Waals surface area (Å²) in [6.45, 7) is 4.60. The Kier molecular flexibility index (Phi) is 7.36. The smallest absolute Gasteiger partial charge is 0.335 e. The number of halogens is 1. The van der Waals surface area contributed by atoms with E-state index >= 15 is 0 Å². The predicted molar refractivity (Wildman–Crippen MR) is 142 cm³/mol. The fourth-order valence-electron chi connectivity index (χ4n) is 3.54. The summed E-state index contributed by atoms with van der Waals surface area (Å²) >= 11 is 2.18. The number of ether oxygens (including phenoxy) is 2. The first-order valence-electron chi connectivity index (χ1n) is 10.9. The number of imidazole rings is 1. The van der Waals surface area contributed by atoms with Crippen molar-refractivity contribution >= 4 is 51.2 Å². The molecule has 176 valence electrons. The Hall–Kier alpha value is -3.84. The van der Waals surface area contributed by atoms with Crippen LogP contribution in [0.4, 0.5) is 0 Å². The van der Waals surface area contributed by atoms with Crippen LogP contribution in [-0.2, 0) is 6.61 Å². The molecule has 0 unspecified atom stereocenters. The molecule has 0 fully saturated rings. The molecular formula is C27H22IN3O4. The van der Waals surface area contributed by atoms with Crippen molar-refractivity contribution in [1.29, 1.82) is 5.26 Å².